The molecule has 0 amide bonds. The molecule has 0 atom stereocenters. The molecule has 308 valence electrons. The maximum Gasteiger partial charge on any atom is 0.0715 e. The lowest BCUT2D eigenvalue weighted by Crippen LogP contribution is -1.95. The van der Waals surface area contributed by atoms with Gasteiger partial charge in [0.2, 0.25) is 0 Å². The molecule has 0 unspecified atom stereocenters. The van der Waals surface area contributed by atoms with Gasteiger partial charge in [0.15, 0.2) is 0 Å². The smallest absolute Gasteiger partial charge is 0.0715 e. The third-order valence-corrected chi connectivity index (χ3v) is 13.3. The van der Waals surface area contributed by atoms with E-state index in [-0.39, 0.29) is 0 Å². The maximum atomic E-state index is 5.20. The van der Waals surface area contributed by atoms with Gasteiger partial charge < -0.3 is 9.13 Å². The van der Waals surface area contributed by atoms with Gasteiger partial charge in [-0.3, -0.25) is 0 Å². The van der Waals surface area contributed by atoms with Crippen molar-refractivity contribution < 1.29 is 0 Å². The summed E-state index contributed by atoms with van der Waals surface area (Å²) in [7, 11) is 0. The van der Waals surface area contributed by atoms with Gasteiger partial charge in [-0.25, -0.2) is 4.98 Å². The molecule has 0 aliphatic carbocycles. The van der Waals surface area contributed by atoms with Crippen LogP contribution in [0.5, 0.6) is 0 Å². The predicted molar refractivity (Wildman–Crippen MR) is 278 cm³/mol. The van der Waals surface area contributed by atoms with Crippen molar-refractivity contribution in [1.29, 1.82) is 0 Å². The number of fused-ring (bicyclic) bond motifs is 7. The van der Waals surface area contributed by atoms with Crippen molar-refractivity contribution in [3.8, 4) is 67.3 Å². The Balaban J connectivity index is 0.873. The van der Waals surface area contributed by atoms with Crippen LogP contribution in [-0.4, -0.2) is 14.1 Å². The first-order valence-corrected chi connectivity index (χ1v) is 22.6. The van der Waals surface area contributed by atoms with Crippen LogP contribution in [0.1, 0.15) is 0 Å². The summed E-state index contributed by atoms with van der Waals surface area (Å²) in [4.78, 5) is 5.20. The highest BCUT2D eigenvalue weighted by atomic mass is 15.0. The summed E-state index contributed by atoms with van der Waals surface area (Å²) in [5.74, 6) is 0. The fourth-order valence-corrected chi connectivity index (χ4v) is 10.1. The van der Waals surface area contributed by atoms with E-state index in [1.54, 1.807) is 0 Å². The average Bonchev–Trinajstić information content (AvgIpc) is 3.91. The first kappa shape index (κ1) is 37.7. The highest BCUT2D eigenvalue weighted by Crippen LogP contribution is 2.40. The Hall–Kier alpha value is -8.79. The summed E-state index contributed by atoms with van der Waals surface area (Å²) in [6.45, 7) is 0. The number of para-hydroxylation sites is 2. The zero-order valence-electron chi connectivity index (χ0n) is 36.0. The van der Waals surface area contributed by atoms with Gasteiger partial charge in [-0.15, -0.1) is 0 Å². The molecule has 0 spiro atoms. The quantitative estimate of drug-likeness (QED) is 0.157. The maximum absolute atomic E-state index is 5.20. The number of hydrogen-bond donors (Lipinski definition) is 0. The predicted octanol–water partition coefficient (Wildman–Crippen LogP) is 16.8. The minimum atomic E-state index is 0.948. The molecule has 0 saturated carbocycles. The first-order valence-electron chi connectivity index (χ1n) is 22.6. The Morgan fingerprint density at radius 2 is 0.667 bits per heavy atom. The summed E-state index contributed by atoms with van der Waals surface area (Å²) in [6.07, 6.45) is 0. The minimum Gasteiger partial charge on any atom is -0.309 e. The minimum absolute atomic E-state index is 0.948. The second kappa shape index (κ2) is 15.5. The lowest BCUT2D eigenvalue weighted by molar-refractivity contribution is 1.18. The van der Waals surface area contributed by atoms with Crippen LogP contribution >= 0.6 is 0 Å². The fourth-order valence-electron chi connectivity index (χ4n) is 10.1. The van der Waals surface area contributed by atoms with E-state index in [9.17, 15) is 0 Å². The number of nitrogens with zero attached hydrogens (tertiary/aromatic N) is 3. The second-order valence-corrected chi connectivity index (χ2v) is 17.1. The SMILES string of the molecule is c1ccc(-c2cc(-c3ccccc3)nc(-c3ccc(-n4c5ccccc5c5cc(-c6ccc7c(c6)c6ccccc6n7-c6ccc(-c7cccc8ccccc78)cc6)ccc54)cc3)c2)cc1. The molecule has 13 rings (SSSR count). The fraction of sp³-hybridized carbons (Fsp3) is 0. The van der Waals surface area contributed by atoms with E-state index in [0.29, 0.717) is 0 Å². The Labute approximate surface area is 382 Å². The highest BCUT2D eigenvalue weighted by molar-refractivity contribution is 6.13. The lowest BCUT2D eigenvalue weighted by atomic mass is 9.98. The van der Waals surface area contributed by atoms with Crippen LogP contribution in [0.2, 0.25) is 0 Å². The molecule has 66 heavy (non-hydrogen) atoms. The van der Waals surface area contributed by atoms with Crippen molar-refractivity contribution in [2.75, 3.05) is 0 Å². The van der Waals surface area contributed by atoms with Gasteiger partial charge >= 0.3 is 0 Å². The highest BCUT2D eigenvalue weighted by Gasteiger charge is 2.17. The van der Waals surface area contributed by atoms with E-state index in [4.69, 9.17) is 4.98 Å². The molecule has 0 radical (unpaired) electrons. The van der Waals surface area contributed by atoms with Crippen molar-refractivity contribution in [3.63, 3.8) is 0 Å². The van der Waals surface area contributed by atoms with E-state index in [0.717, 1.165) is 39.5 Å². The van der Waals surface area contributed by atoms with Crippen molar-refractivity contribution in [3.05, 3.63) is 249 Å². The molecule has 0 saturated heterocycles. The Bertz CT molecular complexity index is 3890. The lowest BCUT2D eigenvalue weighted by Gasteiger charge is -2.12. The van der Waals surface area contributed by atoms with E-state index < -0.39 is 0 Å². The summed E-state index contributed by atoms with van der Waals surface area (Å²) < 4.78 is 4.80. The van der Waals surface area contributed by atoms with Gasteiger partial charge in [-0.1, -0.05) is 176 Å². The number of benzene rings is 10. The molecule has 10 aromatic carbocycles. The first-order chi connectivity index (χ1) is 32.7. The van der Waals surface area contributed by atoms with Gasteiger partial charge in [0.1, 0.15) is 0 Å². The molecular formula is C63H41N3. The summed E-state index contributed by atoms with van der Waals surface area (Å²) >= 11 is 0. The molecule has 3 nitrogen and oxygen atoms in total. The van der Waals surface area contributed by atoms with Crippen molar-refractivity contribution in [2.45, 2.75) is 0 Å². The zero-order chi connectivity index (χ0) is 43.6. The average molecular weight is 840 g/mol. The molecule has 0 aliphatic rings. The standard InChI is InChI=1S/C63H41N3/c1-3-14-42(15-4-1)49-40-58(45-17-5-2-6-18-45)64-59(41-49)46-28-34-51(35-29-46)66-61-25-12-10-22-55(61)57-39-48(31-37-63(57)66)47-30-36-62-56(38-47)54-21-9-11-24-60(54)65(62)50-32-26-44(27-33-50)53-23-13-19-43-16-7-8-20-52(43)53/h1-41H. The molecule has 0 bridgehead atoms. The molecule has 0 aliphatic heterocycles. The molecular weight excluding hydrogens is 799 g/mol. The Kier molecular flexibility index (Phi) is 8.85. The monoisotopic (exact) mass is 839 g/mol. The van der Waals surface area contributed by atoms with Gasteiger partial charge in [0.05, 0.1) is 33.5 Å². The number of rotatable bonds is 7. The summed E-state index contributed by atoms with van der Waals surface area (Å²) in [6, 6.07) is 90.0. The number of pyridine rings is 1. The zero-order valence-corrected chi connectivity index (χ0v) is 36.0. The molecule has 13 aromatic rings. The molecule has 3 aromatic heterocycles. The Morgan fingerprint density at radius 1 is 0.242 bits per heavy atom. The topological polar surface area (TPSA) is 22.8 Å². The molecule has 0 N–H and O–H groups in total. The largest absolute Gasteiger partial charge is 0.309 e. The van der Waals surface area contributed by atoms with E-state index in [1.165, 1.54) is 82.2 Å². The van der Waals surface area contributed by atoms with E-state index in [2.05, 4.69) is 252 Å². The second-order valence-electron chi connectivity index (χ2n) is 17.1. The van der Waals surface area contributed by atoms with Crippen LogP contribution in [0.4, 0.5) is 0 Å². The number of hydrogen-bond acceptors (Lipinski definition) is 1. The van der Waals surface area contributed by atoms with Crippen molar-refractivity contribution in [1.82, 2.24) is 14.1 Å². The number of aromatic nitrogens is 3. The van der Waals surface area contributed by atoms with E-state index >= 15 is 0 Å². The van der Waals surface area contributed by atoms with Gasteiger partial charge in [-0.05, 0) is 117 Å². The Morgan fingerprint density at radius 3 is 1.24 bits per heavy atom. The normalized spacial score (nSPS) is 11.6. The van der Waals surface area contributed by atoms with Crippen LogP contribution < -0.4 is 0 Å². The van der Waals surface area contributed by atoms with Crippen molar-refractivity contribution >= 4 is 54.4 Å². The van der Waals surface area contributed by atoms with Crippen LogP contribution in [0.25, 0.3) is 122 Å². The van der Waals surface area contributed by atoms with Gasteiger partial charge in [-0.2, -0.15) is 0 Å². The molecule has 0 fully saturated rings. The molecule has 3 heteroatoms. The van der Waals surface area contributed by atoms with Crippen molar-refractivity contribution in [2.24, 2.45) is 0 Å². The summed E-state index contributed by atoms with van der Waals surface area (Å²) in [5, 5.41) is 7.46. The van der Waals surface area contributed by atoms with Gasteiger partial charge in [0.25, 0.3) is 0 Å². The molecule has 3 heterocycles. The van der Waals surface area contributed by atoms with Crippen LogP contribution in [0.3, 0.4) is 0 Å². The van der Waals surface area contributed by atoms with Crippen LogP contribution in [0, 0.1) is 0 Å². The summed E-state index contributed by atoms with van der Waals surface area (Å²) in [5.41, 5.74) is 18.3. The van der Waals surface area contributed by atoms with E-state index in [1.807, 2.05) is 6.07 Å². The van der Waals surface area contributed by atoms with Crippen LogP contribution in [-0.2, 0) is 0 Å². The van der Waals surface area contributed by atoms with Crippen LogP contribution in [0.15, 0.2) is 249 Å². The third-order valence-electron chi connectivity index (χ3n) is 13.3. The van der Waals surface area contributed by atoms with Gasteiger partial charge in [0, 0.05) is 44.0 Å². The third kappa shape index (κ3) is 6.32.